The third-order valence-corrected chi connectivity index (χ3v) is 3.09. The third-order valence-electron chi connectivity index (χ3n) is 3.09. The highest BCUT2D eigenvalue weighted by atomic mass is 16.5. The molecule has 19 heavy (non-hydrogen) atoms. The SMILES string of the molecule is COc1cc(C)cc(C)c1CNC(=O)CCC(C)N. The van der Waals surface area contributed by atoms with Crippen molar-refractivity contribution in [1.29, 1.82) is 0 Å². The van der Waals surface area contributed by atoms with Crippen LogP contribution < -0.4 is 15.8 Å². The number of methoxy groups -OCH3 is 1. The highest BCUT2D eigenvalue weighted by molar-refractivity contribution is 5.76. The molecule has 0 saturated carbocycles. The summed E-state index contributed by atoms with van der Waals surface area (Å²) in [6.07, 6.45) is 1.17. The van der Waals surface area contributed by atoms with Gasteiger partial charge in [-0.1, -0.05) is 6.07 Å². The number of aryl methyl sites for hydroxylation is 2. The molecule has 106 valence electrons. The molecule has 4 heteroatoms. The number of carbonyl (C=O) groups excluding carboxylic acids is 1. The lowest BCUT2D eigenvalue weighted by Gasteiger charge is -2.14. The summed E-state index contributed by atoms with van der Waals surface area (Å²) >= 11 is 0. The van der Waals surface area contributed by atoms with Gasteiger partial charge in [-0.15, -0.1) is 0 Å². The Morgan fingerprint density at radius 1 is 1.42 bits per heavy atom. The Kier molecular flexibility index (Phi) is 5.83. The topological polar surface area (TPSA) is 64.3 Å². The van der Waals surface area contributed by atoms with Gasteiger partial charge in [-0.3, -0.25) is 4.79 Å². The van der Waals surface area contributed by atoms with E-state index in [4.69, 9.17) is 10.5 Å². The Morgan fingerprint density at radius 3 is 2.68 bits per heavy atom. The molecule has 3 N–H and O–H groups in total. The number of carbonyl (C=O) groups is 1. The molecule has 1 rings (SSSR count). The fourth-order valence-electron chi connectivity index (χ4n) is 2.00. The zero-order valence-corrected chi connectivity index (χ0v) is 12.2. The Hall–Kier alpha value is -1.55. The number of amides is 1. The number of rotatable bonds is 6. The minimum atomic E-state index is 0.0272. The van der Waals surface area contributed by atoms with Crippen molar-refractivity contribution >= 4 is 5.91 Å². The van der Waals surface area contributed by atoms with Gasteiger partial charge in [0, 0.05) is 24.6 Å². The van der Waals surface area contributed by atoms with Gasteiger partial charge in [-0.25, -0.2) is 0 Å². The summed E-state index contributed by atoms with van der Waals surface area (Å²) < 4.78 is 5.37. The summed E-state index contributed by atoms with van der Waals surface area (Å²) in [5.41, 5.74) is 8.95. The number of nitrogens with two attached hydrogens (primary N) is 1. The van der Waals surface area contributed by atoms with E-state index in [9.17, 15) is 4.79 Å². The van der Waals surface area contributed by atoms with Gasteiger partial charge in [0.15, 0.2) is 0 Å². The van der Waals surface area contributed by atoms with Crippen molar-refractivity contribution in [2.24, 2.45) is 5.73 Å². The van der Waals surface area contributed by atoms with E-state index in [1.807, 2.05) is 26.8 Å². The molecule has 0 saturated heterocycles. The van der Waals surface area contributed by atoms with E-state index in [0.717, 1.165) is 22.4 Å². The van der Waals surface area contributed by atoms with E-state index >= 15 is 0 Å². The van der Waals surface area contributed by atoms with Gasteiger partial charge in [-0.05, 0) is 44.4 Å². The maximum atomic E-state index is 11.7. The molecule has 0 aliphatic rings. The van der Waals surface area contributed by atoms with Gasteiger partial charge in [0.25, 0.3) is 0 Å². The van der Waals surface area contributed by atoms with Crippen LogP contribution in [-0.4, -0.2) is 19.1 Å². The first-order chi connectivity index (χ1) is 8.93. The van der Waals surface area contributed by atoms with E-state index in [1.54, 1.807) is 7.11 Å². The molecule has 1 aromatic carbocycles. The second-order valence-electron chi connectivity index (χ2n) is 5.06. The lowest BCUT2D eigenvalue weighted by atomic mass is 10.0. The highest BCUT2D eigenvalue weighted by Gasteiger charge is 2.09. The van der Waals surface area contributed by atoms with Crippen molar-refractivity contribution in [3.63, 3.8) is 0 Å². The van der Waals surface area contributed by atoms with Crippen LogP contribution in [0.15, 0.2) is 12.1 Å². The van der Waals surface area contributed by atoms with Crippen molar-refractivity contribution in [3.8, 4) is 5.75 Å². The van der Waals surface area contributed by atoms with E-state index in [0.29, 0.717) is 19.4 Å². The average Bonchev–Trinajstić information content (AvgIpc) is 2.34. The van der Waals surface area contributed by atoms with Gasteiger partial charge in [0.05, 0.1) is 7.11 Å². The molecule has 1 amide bonds. The summed E-state index contributed by atoms with van der Waals surface area (Å²) in [6, 6.07) is 4.13. The molecule has 0 heterocycles. The van der Waals surface area contributed by atoms with Gasteiger partial charge in [0.1, 0.15) is 5.75 Å². The molecular formula is C15H24N2O2. The first-order valence-corrected chi connectivity index (χ1v) is 6.60. The highest BCUT2D eigenvalue weighted by Crippen LogP contribution is 2.23. The maximum Gasteiger partial charge on any atom is 0.220 e. The Balaban J connectivity index is 2.65. The zero-order valence-electron chi connectivity index (χ0n) is 12.2. The second-order valence-corrected chi connectivity index (χ2v) is 5.06. The molecule has 0 fully saturated rings. The molecule has 0 aliphatic carbocycles. The molecule has 1 unspecified atom stereocenters. The molecule has 0 bridgehead atoms. The molecule has 0 radical (unpaired) electrons. The monoisotopic (exact) mass is 264 g/mol. The van der Waals surface area contributed by atoms with Crippen molar-refractivity contribution in [1.82, 2.24) is 5.32 Å². The fraction of sp³-hybridized carbons (Fsp3) is 0.533. The lowest BCUT2D eigenvalue weighted by molar-refractivity contribution is -0.121. The Bertz CT molecular complexity index is 442. The van der Waals surface area contributed by atoms with E-state index in [2.05, 4.69) is 11.4 Å². The Morgan fingerprint density at radius 2 is 2.11 bits per heavy atom. The average molecular weight is 264 g/mol. The van der Waals surface area contributed by atoms with Gasteiger partial charge < -0.3 is 15.8 Å². The van der Waals surface area contributed by atoms with E-state index in [1.165, 1.54) is 0 Å². The van der Waals surface area contributed by atoms with Crippen LogP contribution in [0.2, 0.25) is 0 Å². The zero-order chi connectivity index (χ0) is 14.4. The van der Waals surface area contributed by atoms with Gasteiger partial charge >= 0.3 is 0 Å². The molecule has 0 spiro atoms. The molecular weight excluding hydrogens is 240 g/mol. The van der Waals surface area contributed by atoms with Crippen molar-refractivity contribution < 1.29 is 9.53 Å². The third kappa shape index (κ3) is 4.91. The predicted molar refractivity (Wildman–Crippen MR) is 77.2 cm³/mol. The lowest BCUT2D eigenvalue weighted by Crippen LogP contribution is -2.26. The van der Waals surface area contributed by atoms with E-state index in [-0.39, 0.29) is 11.9 Å². The number of benzene rings is 1. The van der Waals surface area contributed by atoms with Crippen molar-refractivity contribution in [3.05, 3.63) is 28.8 Å². The molecule has 4 nitrogen and oxygen atoms in total. The molecule has 1 atom stereocenters. The number of hydrogen-bond acceptors (Lipinski definition) is 3. The quantitative estimate of drug-likeness (QED) is 0.826. The largest absolute Gasteiger partial charge is 0.496 e. The summed E-state index contributed by atoms with van der Waals surface area (Å²) in [5, 5.41) is 2.91. The fourth-order valence-corrected chi connectivity index (χ4v) is 2.00. The van der Waals surface area contributed by atoms with Crippen LogP contribution in [0.5, 0.6) is 5.75 Å². The molecule has 0 aliphatic heterocycles. The minimum absolute atomic E-state index is 0.0272. The maximum absolute atomic E-state index is 11.7. The number of hydrogen-bond donors (Lipinski definition) is 2. The van der Waals surface area contributed by atoms with Crippen LogP contribution >= 0.6 is 0 Å². The van der Waals surface area contributed by atoms with Crippen molar-refractivity contribution in [2.75, 3.05) is 7.11 Å². The predicted octanol–water partition coefficient (Wildman–Crippen LogP) is 2.06. The summed E-state index contributed by atoms with van der Waals surface area (Å²) in [4.78, 5) is 11.7. The number of nitrogens with one attached hydrogen (secondary N) is 1. The summed E-state index contributed by atoms with van der Waals surface area (Å²) in [5.74, 6) is 0.851. The molecule has 1 aromatic rings. The molecule has 0 aromatic heterocycles. The van der Waals surface area contributed by atoms with Gasteiger partial charge in [-0.2, -0.15) is 0 Å². The summed E-state index contributed by atoms with van der Waals surface area (Å²) in [7, 11) is 1.65. The van der Waals surface area contributed by atoms with Crippen LogP contribution in [0.25, 0.3) is 0 Å². The number of ether oxygens (including phenoxy) is 1. The van der Waals surface area contributed by atoms with Crippen LogP contribution in [-0.2, 0) is 11.3 Å². The normalized spacial score (nSPS) is 12.1. The van der Waals surface area contributed by atoms with Gasteiger partial charge in [0.2, 0.25) is 5.91 Å². The summed E-state index contributed by atoms with van der Waals surface area (Å²) in [6.45, 7) is 6.45. The van der Waals surface area contributed by atoms with Crippen LogP contribution in [0.3, 0.4) is 0 Å². The van der Waals surface area contributed by atoms with Crippen LogP contribution in [0.1, 0.15) is 36.5 Å². The first-order valence-electron chi connectivity index (χ1n) is 6.60. The van der Waals surface area contributed by atoms with Crippen LogP contribution in [0.4, 0.5) is 0 Å². The van der Waals surface area contributed by atoms with Crippen LogP contribution in [0, 0.1) is 13.8 Å². The smallest absolute Gasteiger partial charge is 0.220 e. The first kappa shape index (κ1) is 15.5. The standard InChI is InChI=1S/C15H24N2O2/c1-10-7-11(2)13(14(8-10)19-4)9-17-15(18)6-5-12(3)16/h7-8,12H,5-6,9,16H2,1-4H3,(H,17,18). The van der Waals surface area contributed by atoms with Crippen molar-refractivity contribution in [2.45, 2.75) is 46.2 Å². The Labute approximate surface area is 115 Å². The second kappa shape index (κ2) is 7.14. The van der Waals surface area contributed by atoms with E-state index < -0.39 is 0 Å². The minimum Gasteiger partial charge on any atom is -0.496 e.